The number of carbonyl (C=O) groups is 2. The number of carbonyl (C=O) groups excluding carboxylic acids is 2. The molecule has 0 aliphatic carbocycles. The average molecular weight is 328 g/mol. The molecule has 0 amide bonds. The van der Waals surface area contributed by atoms with Crippen LogP contribution in [-0.4, -0.2) is 25.2 Å². The number of esters is 2. The fraction of sp³-hybridized carbons (Fsp3) is 0.895. The van der Waals surface area contributed by atoms with Crippen molar-refractivity contribution in [3.63, 3.8) is 0 Å². The zero-order valence-electron chi connectivity index (χ0n) is 15.9. The monoisotopic (exact) mass is 328 g/mol. The summed E-state index contributed by atoms with van der Waals surface area (Å²) in [4.78, 5) is 24.3. The van der Waals surface area contributed by atoms with Crippen LogP contribution in [0.2, 0.25) is 0 Å². The summed E-state index contributed by atoms with van der Waals surface area (Å²) in [5, 5.41) is 0. The fourth-order valence-electron chi connectivity index (χ4n) is 2.19. The SMILES string of the molecule is CCCCC(CC)COC(=O)C(C)(C)C(=O)OCCCC(C)C. The lowest BCUT2D eigenvalue weighted by molar-refractivity contribution is -0.170. The van der Waals surface area contributed by atoms with Gasteiger partial charge in [-0.05, 0) is 44.9 Å². The molecule has 0 N–H and O–H groups in total. The Morgan fingerprint density at radius 3 is 2.09 bits per heavy atom. The summed E-state index contributed by atoms with van der Waals surface area (Å²) in [5.74, 6) is -0.0216. The highest BCUT2D eigenvalue weighted by molar-refractivity contribution is 5.99. The zero-order chi connectivity index (χ0) is 17.9. The van der Waals surface area contributed by atoms with Crippen molar-refractivity contribution in [3.05, 3.63) is 0 Å². The molecule has 4 heteroatoms. The van der Waals surface area contributed by atoms with Crippen molar-refractivity contribution in [2.24, 2.45) is 17.3 Å². The maximum Gasteiger partial charge on any atom is 0.322 e. The standard InChI is InChI=1S/C19H36O4/c1-7-9-12-16(8-2)14-23-18(21)19(5,6)17(20)22-13-10-11-15(3)4/h15-16H,7-14H2,1-6H3. The molecule has 23 heavy (non-hydrogen) atoms. The highest BCUT2D eigenvalue weighted by Crippen LogP contribution is 2.22. The molecule has 1 atom stereocenters. The summed E-state index contributed by atoms with van der Waals surface area (Å²) in [7, 11) is 0. The number of ether oxygens (including phenoxy) is 2. The van der Waals surface area contributed by atoms with Crippen LogP contribution in [0.3, 0.4) is 0 Å². The highest BCUT2D eigenvalue weighted by atomic mass is 16.6. The first kappa shape index (κ1) is 21.9. The number of hydrogen-bond donors (Lipinski definition) is 0. The Bertz CT molecular complexity index is 347. The molecule has 1 unspecified atom stereocenters. The van der Waals surface area contributed by atoms with Gasteiger partial charge in [0.1, 0.15) is 0 Å². The summed E-state index contributed by atoms with van der Waals surface area (Å²) in [6.07, 6.45) is 6.14. The molecule has 0 saturated carbocycles. The first-order chi connectivity index (χ1) is 10.8. The van der Waals surface area contributed by atoms with Crippen LogP contribution in [0.1, 0.15) is 80.1 Å². The minimum Gasteiger partial charge on any atom is -0.465 e. The van der Waals surface area contributed by atoms with Gasteiger partial charge in [0.2, 0.25) is 0 Å². The predicted octanol–water partition coefficient (Wildman–Crippen LogP) is 4.75. The molecule has 0 heterocycles. The van der Waals surface area contributed by atoms with Crippen LogP contribution in [0.15, 0.2) is 0 Å². The molecule has 0 spiro atoms. The average Bonchev–Trinajstić information content (AvgIpc) is 2.50. The van der Waals surface area contributed by atoms with E-state index in [9.17, 15) is 9.59 Å². The molecule has 0 aromatic rings. The molecule has 4 nitrogen and oxygen atoms in total. The van der Waals surface area contributed by atoms with Crippen LogP contribution >= 0.6 is 0 Å². The van der Waals surface area contributed by atoms with E-state index in [0.29, 0.717) is 25.0 Å². The van der Waals surface area contributed by atoms with Crippen LogP contribution in [-0.2, 0) is 19.1 Å². The van der Waals surface area contributed by atoms with E-state index in [1.165, 1.54) is 0 Å². The second-order valence-electron chi connectivity index (χ2n) is 7.31. The van der Waals surface area contributed by atoms with Crippen molar-refractivity contribution in [2.75, 3.05) is 13.2 Å². The highest BCUT2D eigenvalue weighted by Gasteiger charge is 2.39. The molecular formula is C19H36O4. The van der Waals surface area contributed by atoms with Crippen molar-refractivity contribution >= 4 is 11.9 Å². The minimum atomic E-state index is -1.24. The van der Waals surface area contributed by atoms with Gasteiger partial charge in [0.15, 0.2) is 5.41 Å². The summed E-state index contributed by atoms with van der Waals surface area (Å²) < 4.78 is 10.6. The Morgan fingerprint density at radius 2 is 1.57 bits per heavy atom. The lowest BCUT2D eigenvalue weighted by atomic mass is 9.93. The van der Waals surface area contributed by atoms with E-state index < -0.39 is 17.4 Å². The lowest BCUT2D eigenvalue weighted by Crippen LogP contribution is -2.37. The van der Waals surface area contributed by atoms with Crippen LogP contribution in [0, 0.1) is 17.3 Å². The second kappa shape index (κ2) is 11.5. The van der Waals surface area contributed by atoms with Gasteiger partial charge in [0.25, 0.3) is 0 Å². The maximum absolute atomic E-state index is 12.2. The molecule has 0 aliphatic heterocycles. The van der Waals surface area contributed by atoms with E-state index in [1.54, 1.807) is 13.8 Å². The van der Waals surface area contributed by atoms with Crippen molar-refractivity contribution < 1.29 is 19.1 Å². The molecule has 0 saturated heterocycles. The topological polar surface area (TPSA) is 52.6 Å². The molecular weight excluding hydrogens is 292 g/mol. The Balaban J connectivity index is 4.27. The van der Waals surface area contributed by atoms with Crippen LogP contribution in [0.25, 0.3) is 0 Å². The fourth-order valence-corrected chi connectivity index (χ4v) is 2.19. The van der Waals surface area contributed by atoms with E-state index >= 15 is 0 Å². The molecule has 0 aliphatic rings. The molecule has 0 aromatic heterocycles. The van der Waals surface area contributed by atoms with Gasteiger partial charge in [-0.25, -0.2) is 0 Å². The smallest absolute Gasteiger partial charge is 0.322 e. The number of hydrogen-bond acceptors (Lipinski definition) is 4. The van der Waals surface area contributed by atoms with Crippen molar-refractivity contribution in [1.82, 2.24) is 0 Å². The molecule has 0 bridgehead atoms. The normalized spacial score (nSPS) is 13.0. The lowest BCUT2D eigenvalue weighted by Gasteiger charge is -2.23. The van der Waals surface area contributed by atoms with Crippen molar-refractivity contribution in [1.29, 1.82) is 0 Å². The third-order valence-electron chi connectivity index (χ3n) is 4.17. The third kappa shape index (κ3) is 8.97. The molecule has 0 fully saturated rings. The first-order valence-electron chi connectivity index (χ1n) is 9.10. The van der Waals surface area contributed by atoms with E-state index in [2.05, 4.69) is 27.7 Å². The molecule has 136 valence electrons. The van der Waals surface area contributed by atoms with Gasteiger partial charge in [-0.2, -0.15) is 0 Å². The predicted molar refractivity (Wildman–Crippen MR) is 93.1 cm³/mol. The van der Waals surface area contributed by atoms with E-state index in [0.717, 1.165) is 38.5 Å². The maximum atomic E-state index is 12.2. The minimum absolute atomic E-state index is 0.363. The van der Waals surface area contributed by atoms with Crippen molar-refractivity contribution in [3.8, 4) is 0 Å². The number of unbranched alkanes of at least 4 members (excludes halogenated alkanes) is 1. The van der Waals surface area contributed by atoms with Gasteiger partial charge < -0.3 is 9.47 Å². The Hall–Kier alpha value is -1.06. The van der Waals surface area contributed by atoms with E-state index in [4.69, 9.17) is 9.47 Å². The zero-order valence-corrected chi connectivity index (χ0v) is 15.9. The summed E-state index contributed by atoms with van der Waals surface area (Å²) in [6, 6.07) is 0. The summed E-state index contributed by atoms with van der Waals surface area (Å²) in [5.41, 5.74) is -1.24. The van der Waals surface area contributed by atoms with Gasteiger partial charge >= 0.3 is 11.9 Å². The van der Waals surface area contributed by atoms with E-state index in [-0.39, 0.29) is 0 Å². The molecule has 0 aromatic carbocycles. The third-order valence-corrected chi connectivity index (χ3v) is 4.17. The molecule has 0 rings (SSSR count). The van der Waals surface area contributed by atoms with E-state index in [1.807, 2.05) is 0 Å². The second-order valence-corrected chi connectivity index (χ2v) is 7.31. The summed E-state index contributed by atoms with van der Waals surface area (Å²) in [6.45, 7) is 12.4. The Kier molecular flexibility index (Phi) is 10.9. The van der Waals surface area contributed by atoms with Crippen LogP contribution < -0.4 is 0 Å². The van der Waals surface area contributed by atoms with Crippen molar-refractivity contribution in [2.45, 2.75) is 80.1 Å². The van der Waals surface area contributed by atoms with Gasteiger partial charge in [-0.1, -0.05) is 47.0 Å². The van der Waals surface area contributed by atoms with Crippen LogP contribution in [0.4, 0.5) is 0 Å². The Labute approximate surface area is 142 Å². The first-order valence-corrected chi connectivity index (χ1v) is 9.10. The molecule has 0 radical (unpaired) electrons. The largest absolute Gasteiger partial charge is 0.465 e. The Morgan fingerprint density at radius 1 is 0.957 bits per heavy atom. The van der Waals surface area contributed by atoms with Gasteiger partial charge in [-0.15, -0.1) is 0 Å². The van der Waals surface area contributed by atoms with Gasteiger partial charge in [0, 0.05) is 0 Å². The van der Waals surface area contributed by atoms with Crippen LogP contribution in [0.5, 0.6) is 0 Å². The quantitative estimate of drug-likeness (QED) is 0.295. The van der Waals surface area contributed by atoms with Gasteiger partial charge in [-0.3, -0.25) is 9.59 Å². The summed E-state index contributed by atoms with van der Waals surface area (Å²) >= 11 is 0. The number of rotatable bonds is 12. The van der Waals surface area contributed by atoms with Gasteiger partial charge in [0.05, 0.1) is 13.2 Å².